The van der Waals surface area contributed by atoms with Crippen molar-refractivity contribution >= 4 is 17.9 Å². The molecule has 2 heterocycles. The van der Waals surface area contributed by atoms with Gasteiger partial charge in [-0.15, -0.1) is 0 Å². The number of halogens is 3. The zero-order valence-corrected chi connectivity index (χ0v) is 17.8. The lowest BCUT2D eigenvalue weighted by atomic mass is 9.39. The van der Waals surface area contributed by atoms with Gasteiger partial charge in [-0.2, -0.15) is 13.2 Å². The molecule has 1 aromatic heterocycles. The van der Waals surface area contributed by atoms with Crippen LogP contribution in [0.25, 0.3) is 0 Å². The summed E-state index contributed by atoms with van der Waals surface area (Å²) >= 11 is 0. The Hall–Kier alpha value is -2.59. The molecule has 11 heteroatoms. The lowest BCUT2D eigenvalue weighted by molar-refractivity contribution is -0.190. The molecular formula is C20H26F3N5O3. The summed E-state index contributed by atoms with van der Waals surface area (Å²) < 4.78 is 43.3. The predicted molar refractivity (Wildman–Crippen MR) is 104 cm³/mol. The van der Waals surface area contributed by atoms with Crippen molar-refractivity contribution in [2.24, 2.45) is 5.41 Å². The van der Waals surface area contributed by atoms with Crippen LogP contribution in [0.5, 0.6) is 0 Å². The molecule has 31 heavy (non-hydrogen) atoms. The first-order valence-electron chi connectivity index (χ1n) is 10.3. The number of rotatable bonds is 3. The van der Waals surface area contributed by atoms with Crippen LogP contribution in [-0.2, 0) is 15.7 Å². The van der Waals surface area contributed by atoms with Gasteiger partial charge in [-0.25, -0.2) is 14.8 Å². The quantitative estimate of drug-likeness (QED) is 0.776. The van der Waals surface area contributed by atoms with Gasteiger partial charge >= 0.3 is 12.3 Å². The molecule has 4 aliphatic rings. The monoisotopic (exact) mass is 441 g/mol. The normalized spacial score (nSPS) is 27.8. The maximum Gasteiger partial charge on any atom is 0.419 e. The predicted octanol–water partition coefficient (Wildman–Crippen LogP) is 2.59. The van der Waals surface area contributed by atoms with Crippen LogP contribution in [-0.4, -0.2) is 64.2 Å². The van der Waals surface area contributed by atoms with E-state index >= 15 is 0 Å². The van der Waals surface area contributed by atoms with E-state index in [1.165, 1.54) is 0 Å². The van der Waals surface area contributed by atoms with Gasteiger partial charge in [0.1, 0.15) is 5.60 Å². The number of carbonyl (C=O) groups excluding carboxylic acids is 2. The van der Waals surface area contributed by atoms with E-state index in [0.29, 0.717) is 45.4 Å². The van der Waals surface area contributed by atoms with E-state index in [2.05, 4.69) is 15.3 Å². The molecule has 4 fully saturated rings. The number of aromatic nitrogens is 2. The van der Waals surface area contributed by atoms with Crippen LogP contribution in [0.4, 0.5) is 23.9 Å². The fourth-order valence-corrected chi connectivity index (χ4v) is 4.74. The van der Waals surface area contributed by atoms with Crippen molar-refractivity contribution in [3.8, 4) is 0 Å². The average Bonchev–Trinajstić information content (AvgIpc) is 2.61. The Bertz CT molecular complexity index is 854. The lowest BCUT2D eigenvalue weighted by Gasteiger charge is -2.69. The Morgan fingerprint density at radius 1 is 1.03 bits per heavy atom. The number of anilines is 1. The fourth-order valence-electron chi connectivity index (χ4n) is 4.74. The standard InChI is InChI=1S/C20H26F3N5O3/c1-17(2,3)31-16(30)26-19-10-18(11-19,12-19)14(29)27-4-6-28(7-5-27)15-24-8-13(9-25-15)20(21,22)23/h8-9H,4-7,10-12H2,1-3H3,(H,26,30). The number of nitrogens with zero attached hydrogens (tertiary/aromatic N) is 4. The van der Waals surface area contributed by atoms with Crippen LogP contribution < -0.4 is 10.2 Å². The van der Waals surface area contributed by atoms with Gasteiger partial charge in [0.2, 0.25) is 11.9 Å². The number of nitrogens with one attached hydrogen (secondary N) is 1. The number of hydrogen-bond acceptors (Lipinski definition) is 6. The molecule has 3 saturated carbocycles. The molecule has 5 rings (SSSR count). The minimum atomic E-state index is -4.47. The van der Waals surface area contributed by atoms with E-state index in [-0.39, 0.29) is 17.4 Å². The van der Waals surface area contributed by atoms with Crippen molar-refractivity contribution in [1.82, 2.24) is 20.2 Å². The highest BCUT2D eigenvalue weighted by molar-refractivity contribution is 5.88. The molecule has 8 nitrogen and oxygen atoms in total. The highest BCUT2D eigenvalue weighted by Gasteiger charge is 2.73. The van der Waals surface area contributed by atoms with Gasteiger partial charge in [0, 0.05) is 44.1 Å². The number of carbonyl (C=O) groups is 2. The van der Waals surface area contributed by atoms with Crippen molar-refractivity contribution in [1.29, 1.82) is 0 Å². The van der Waals surface area contributed by atoms with E-state index in [1.54, 1.807) is 30.6 Å². The summed E-state index contributed by atoms with van der Waals surface area (Å²) in [5.41, 5.74) is -2.21. The number of hydrogen-bond donors (Lipinski definition) is 1. The molecule has 1 saturated heterocycles. The van der Waals surface area contributed by atoms with Gasteiger partial charge in [0.05, 0.1) is 11.0 Å². The second-order valence-electron chi connectivity index (χ2n) is 9.77. The first-order chi connectivity index (χ1) is 14.3. The zero-order chi connectivity index (χ0) is 22.7. The van der Waals surface area contributed by atoms with Gasteiger partial charge in [-0.05, 0) is 40.0 Å². The summed E-state index contributed by atoms with van der Waals surface area (Å²) in [5.74, 6) is 0.305. The summed E-state index contributed by atoms with van der Waals surface area (Å²) in [6, 6.07) is 0. The van der Waals surface area contributed by atoms with Crippen molar-refractivity contribution < 1.29 is 27.5 Å². The first-order valence-corrected chi connectivity index (χ1v) is 10.3. The largest absolute Gasteiger partial charge is 0.444 e. The third kappa shape index (κ3) is 4.14. The van der Waals surface area contributed by atoms with Crippen molar-refractivity contribution in [2.45, 2.75) is 57.3 Å². The van der Waals surface area contributed by atoms with Crippen molar-refractivity contribution in [2.75, 3.05) is 31.1 Å². The van der Waals surface area contributed by atoms with Crippen LogP contribution in [0.1, 0.15) is 45.6 Å². The Kier molecular flexibility index (Phi) is 4.86. The molecule has 1 aliphatic heterocycles. The molecular weight excluding hydrogens is 415 g/mol. The number of alkyl halides is 3. The minimum absolute atomic E-state index is 0.0772. The maximum absolute atomic E-state index is 13.0. The highest BCUT2D eigenvalue weighted by atomic mass is 19.4. The van der Waals surface area contributed by atoms with Crippen LogP contribution in [0, 0.1) is 5.41 Å². The van der Waals surface area contributed by atoms with Crippen molar-refractivity contribution in [3.63, 3.8) is 0 Å². The van der Waals surface area contributed by atoms with Gasteiger partial charge in [-0.3, -0.25) is 4.79 Å². The molecule has 3 aliphatic carbocycles. The van der Waals surface area contributed by atoms with Gasteiger partial charge in [0.25, 0.3) is 0 Å². The van der Waals surface area contributed by atoms with Crippen LogP contribution in [0.2, 0.25) is 0 Å². The van der Waals surface area contributed by atoms with E-state index < -0.39 is 28.8 Å². The summed E-state index contributed by atoms with van der Waals surface area (Å²) in [6.45, 7) is 7.22. The molecule has 170 valence electrons. The van der Waals surface area contributed by atoms with E-state index in [9.17, 15) is 22.8 Å². The summed E-state index contributed by atoms with van der Waals surface area (Å²) in [4.78, 5) is 36.2. The summed E-state index contributed by atoms with van der Waals surface area (Å²) in [6.07, 6.45) is -1.54. The molecule has 0 spiro atoms. The third-order valence-corrected chi connectivity index (χ3v) is 6.07. The Labute approximate surface area is 178 Å². The van der Waals surface area contributed by atoms with Crippen LogP contribution >= 0.6 is 0 Å². The van der Waals surface area contributed by atoms with E-state index in [4.69, 9.17) is 4.74 Å². The van der Waals surface area contributed by atoms with E-state index in [0.717, 1.165) is 12.4 Å². The molecule has 2 amide bonds. The van der Waals surface area contributed by atoms with Gasteiger partial charge < -0.3 is 19.9 Å². The first kappa shape index (κ1) is 21.6. The molecule has 0 atom stereocenters. The molecule has 0 radical (unpaired) electrons. The highest BCUT2D eigenvalue weighted by Crippen LogP contribution is 2.68. The van der Waals surface area contributed by atoms with Gasteiger partial charge in [0.15, 0.2) is 0 Å². The summed E-state index contributed by atoms with van der Waals surface area (Å²) in [7, 11) is 0. The fraction of sp³-hybridized carbons (Fsp3) is 0.700. The number of piperazine rings is 1. The van der Waals surface area contributed by atoms with Crippen molar-refractivity contribution in [3.05, 3.63) is 18.0 Å². The third-order valence-electron chi connectivity index (χ3n) is 6.07. The van der Waals surface area contributed by atoms with Crippen LogP contribution in [0.3, 0.4) is 0 Å². The second-order valence-corrected chi connectivity index (χ2v) is 9.77. The molecule has 2 bridgehead atoms. The van der Waals surface area contributed by atoms with E-state index in [1.807, 2.05) is 0 Å². The average molecular weight is 441 g/mol. The maximum atomic E-state index is 13.0. The molecule has 1 aromatic rings. The molecule has 0 aromatic carbocycles. The van der Waals surface area contributed by atoms with Crippen LogP contribution in [0.15, 0.2) is 12.4 Å². The zero-order valence-electron chi connectivity index (χ0n) is 17.8. The Morgan fingerprint density at radius 2 is 1.58 bits per heavy atom. The summed E-state index contributed by atoms with van der Waals surface area (Å²) in [5, 5.41) is 2.90. The Morgan fingerprint density at radius 3 is 2.06 bits per heavy atom. The number of amides is 2. The molecule has 1 N–H and O–H groups in total. The minimum Gasteiger partial charge on any atom is -0.444 e. The SMILES string of the molecule is CC(C)(C)OC(=O)NC12CC(C(=O)N3CCN(c4ncc(C(F)(F)F)cn4)CC3)(C1)C2. The topological polar surface area (TPSA) is 87.7 Å². The Balaban J connectivity index is 1.26. The number of alkyl carbamates (subject to hydrolysis) is 1. The lowest BCUT2D eigenvalue weighted by Crippen LogP contribution is -2.79. The smallest absolute Gasteiger partial charge is 0.419 e. The number of ether oxygens (including phenoxy) is 1. The van der Waals surface area contributed by atoms with Gasteiger partial charge in [-0.1, -0.05) is 0 Å². The molecule has 0 unspecified atom stereocenters. The second kappa shape index (κ2) is 6.96.